The van der Waals surface area contributed by atoms with Gasteiger partial charge in [0.15, 0.2) is 5.78 Å². The zero-order chi connectivity index (χ0) is 23.8. The summed E-state index contributed by atoms with van der Waals surface area (Å²) < 4.78 is 6.23. The molecule has 0 spiro atoms. The van der Waals surface area contributed by atoms with Crippen LogP contribution < -0.4 is 10.6 Å². The number of carbonyl (C=O) groups excluding carboxylic acids is 3. The van der Waals surface area contributed by atoms with Gasteiger partial charge in [-0.2, -0.15) is 0 Å². The van der Waals surface area contributed by atoms with Crippen molar-refractivity contribution in [1.82, 2.24) is 20.5 Å². The molecule has 1 aliphatic heterocycles. The molecule has 176 valence electrons. The normalized spacial score (nSPS) is 17.1. The van der Waals surface area contributed by atoms with E-state index in [0.29, 0.717) is 19.5 Å². The maximum absolute atomic E-state index is 12.9. The molecule has 0 radical (unpaired) electrons. The number of aromatic nitrogens is 1. The lowest BCUT2D eigenvalue weighted by atomic mass is 10.0. The summed E-state index contributed by atoms with van der Waals surface area (Å²) in [4.78, 5) is 43.6. The number of rotatable bonds is 9. The van der Waals surface area contributed by atoms with Crippen molar-refractivity contribution >= 4 is 33.7 Å². The van der Waals surface area contributed by atoms with E-state index >= 15 is 0 Å². The molecule has 3 rings (SSSR count). The predicted octanol–water partition coefficient (Wildman–Crippen LogP) is 3.05. The van der Waals surface area contributed by atoms with Gasteiger partial charge in [-0.1, -0.05) is 41.9 Å². The summed E-state index contributed by atoms with van der Waals surface area (Å²) in [5.41, 5.74) is 1.89. The topological polar surface area (TPSA) is 101 Å². The standard InChI is InChI=1S/C24H29BrN4O4/c1-16(2)11-20(28-24(32)33-15-18-7-9-26-10-8-18)23(31)27-21-13-29(14-22(21)30)12-17-3-5-19(25)6-4-17/h3-10,16,20-21H,11-15H2,1-2H3,(H,27,31)(H,28,32)/t20-,21?/m0/s1. The number of halogens is 1. The second-order valence-corrected chi connectivity index (χ2v) is 9.50. The van der Waals surface area contributed by atoms with Gasteiger partial charge in [0.2, 0.25) is 5.91 Å². The SMILES string of the molecule is CC(C)C[C@H](NC(=O)OCc1ccncc1)C(=O)NC1CN(Cc2ccc(Br)cc2)CC1=O. The number of ketones is 1. The first-order valence-electron chi connectivity index (χ1n) is 10.9. The molecule has 2 N–H and O–H groups in total. The van der Waals surface area contributed by atoms with E-state index < -0.39 is 18.2 Å². The quantitative estimate of drug-likeness (QED) is 0.531. The molecule has 0 bridgehead atoms. The van der Waals surface area contributed by atoms with E-state index in [9.17, 15) is 14.4 Å². The second-order valence-electron chi connectivity index (χ2n) is 8.58. The van der Waals surface area contributed by atoms with Crippen LogP contribution in [0.4, 0.5) is 4.79 Å². The fourth-order valence-corrected chi connectivity index (χ4v) is 3.90. The number of alkyl carbamates (subject to hydrolysis) is 1. The van der Waals surface area contributed by atoms with Gasteiger partial charge in [0.25, 0.3) is 0 Å². The number of carbonyl (C=O) groups is 3. The third-order valence-electron chi connectivity index (χ3n) is 5.28. The molecule has 0 saturated carbocycles. The van der Waals surface area contributed by atoms with Crippen LogP contribution in [0.1, 0.15) is 31.4 Å². The van der Waals surface area contributed by atoms with E-state index in [2.05, 4.69) is 31.5 Å². The second kappa shape index (κ2) is 11.9. The van der Waals surface area contributed by atoms with Crippen molar-refractivity contribution in [2.45, 2.75) is 45.5 Å². The lowest BCUT2D eigenvalue weighted by molar-refractivity contribution is -0.127. The van der Waals surface area contributed by atoms with Crippen LogP contribution in [0.2, 0.25) is 0 Å². The number of hydrogen-bond donors (Lipinski definition) is 2. The number of amides is 2. The van der Waals surface area contributed by atoms with Crippen LogP contribution in [0.25, 0.3) is 0 Å². The van der Waals surface area contributed by atoms with Gasteiger partial charge in [-0.15, -0.1) is 0 Å². The number of hydrogen-bond acceptors (Lipinski definition) is 6. The van der Waals surface area contributed by atoms with E-state index in [-0.39, 0.29) is 30.8 Å². The molecule has 8 nitrogen and oxygen atoms in total. The Morgan fingerprint density at radius 1 is 1.15 bits per heavy atom. The number of ether oxygens (including phenoxy) is 1. The van der Waals surface area contributed by atoms with Crippen molar-refractivity contribution in [3.05, 3.63) is 64.4 Å². The number of likely N-dealkylation sites (tertiary alicyclic amines) is 1. The molecule has 33 heavy (non-hydrogen) atoms. The molecule has 1 aromatic carbocycles. The van der Waals surface area contributed by atoms with Crippen LogP contribution in [-0.4, -0.2) is 52.8 Å². The van der Waals surface area contributed by atoms with Gasteiger partial charge < -0.3 is 15.4 Å². The molecule has 0 aliphatic carbocycles. The molecule has 1 fully saturated rings. The van der Waals surface area contributed by atoms with Crippen LogP contribution in [0.15, 0.2) is 53.3 Å². The Morgan fingerprint density at radius 3 is 2.52 bits per heavy atom. The van der Waals surface area contributed by atoms with Gasteiger partial charge in [0.1, 0.15) is 18.7 Å². The van der Waals surface area contributed by atoms with Crippen molar-refractivity contribution < 1.29 is 19.1 Å². The van der Waals surface area contributed by atoms with E-state index in [1.54, 1.807) is 24.5 Å². The summed E-state index contributed by atoms with van der Waals surface area (Å²) in [6.45, 7) is 5.34. The molecule has 1 saturated heterocycles. The smallest absolute Gasteiger partial charge is 0.408 e. The maximum atomic E-state index is 12.9. The molecular formula is C24H29BrN4O4. The number of pyridine rings is 1. The van der Waals surface area contributed by atoms with Crippen molar-refractivity contribution in [3.63, 3.8) is 0 Å². The highest BCUT2D eigenvalue weighted by molar-refractivity contribution is 9.10. The lowest BCUT2D eigenvalue weighted by Gasteiger charge is -2.22. The van der Waals surface area contributed by atoms with Gasteiger partial charge in [-0.3, -0.25) is 19.5 Å². The number of nitrogens with one attached hydrogen (secondary N) is 2. The van der Waals surface area contributed by atoms with Crippen LogP contribution >= 0.6 is 15.9 Å². The first-order chi connectivity index (χ1) is 15.8. The highest BCUT2D eigenvalue weighted by Gasteiger charge is 2.34. The Labute approximate surface area is 202 Å². The summed E-state index contributed by atoms with van der Waals surface area (Å²) in [6, 6.07) is 10.0. The molecule has 2 amide bonds. The minimum absolute atomic E-state index is 0.0379. The number of benzene rings is 1. The minimum Gasteiger partial charge on any atom is -0.445 e. The fraction of sp³-hybridized carbons (Fsp3) is 0.417. The fourth-order valence-electron chi connectivity index (χ4n) is 3.64. The maximum Gasteiger partial charge on any atom is 0.408 e. The molecule has 1 aliphatic rings. The summed E-state index contributed by atoms with van der Waals surface area (Å²) in [5.74, 6) is -0.258. The zero-order valence-corrected chi connectivity index (χ0v) is 20.4. The van der Waals surface area contributed by atoms with Gasteiger partial charge in [0, 0.05) is 30.0 Å². The Morgan fingerprint density at radius 2 is 1.85 bits per heavy atom. The monoisotopic (exact) mass is 516 g/mol. The summed E-state index contributed by atoms with van der Waals surface area (Å²) in [5, 5.41) is 5.47. The first kappa shape index (κ1) is 24.9. The number of nitrogens with zero attached hydrogens (tertiary/aromatic N) is 2. The summed E-state index contributed by atoms with van der Waals surface area (Å²) in [6.07, 6.45) is 2.98. The Balaban J connectivity index is 1.53. The Bertz CT molecular complexity index is 953. The van der Waals surface area contributed by atoms with Crippen LogP contribution in [0.5, 0.6) is 0 Å². The molecule has 2 aromatic rings. The minimum atomic E-state index is -0.789. The number of Topliss-reactive ketones (excluding diaryl/α,β-unsaturated/α-hetero) is 1. The molecule has 1 unspecified atom stereocenters. The van der Waals surface area contributed by atoms with Crippen molar-refractivity contribution in [1.29, 1.82) is 0 Å². The van der Waals surface area contributed by atoms with Gasteiger partial charge in [0.05, 0.1) is 6.54 Å². The van der Waals surface area contributed by atoms with E-state index in [1.807, 2.05) is 43.0 Å². The van der Waals surface area contributed by atoms with E-state index in [0.717, 1.165) is 15.6 Å². The highest BCUT2D eigenvalue weighted by atomic mass is 79.9. The lowest BCUT2D eigenvalue weighted by Crippen LogP contribution is -2.52. The zero-order valence-electron chi connectivity index (χ0n) is 18.8. The Kier molecular flexibility index (Phi) is 8.96. The summed E-state index contributed by atoms with van der Waals surface area (Å²) >= 11 is 3.42. The van der Waals surface area contributed by atoms with E-state index in [1.165, 1.54) is 0 Å². The largest absolute Gasteiger partial charge is 0.445 e. The molecule has 2 atom stereocenters. The molecule has 2 heterocycles. The third-order valence-corrected chi connectivity index (χ3v) is 5.81. The molecular weight excluding hydrogens is 488 g/mol. The van der Waals surface area contributed by atoms with Crippen molar-refractivity contribution in [3.8, 4) is 0 Å². The summed E-state index contributed by atoms with van der Waals surface area (Å²) in [7, 11) is 0. The first-order valence-corrected chi connectivity index (χ1v) is 11.7. The average molecular weight is 517 g/mol. The van der Waals surface area contributed by atoms with Crippen molar-refractivity contribution in [2.24, 2.45) is 5.92 Å². The van der Waals surface area contributed by atoms with Gasteiger partial charge in [-0.25, -0.2) is 4.79 Å². The van der Waals surface area contributed by atoms with Crippen LogP contribution in [-0.2, 0) is 27.5 Å². The van der Waals surface area contributed by atoms with Gasteiger partial charge in [-0.05, 0) is 47.7 Å². The van der Waals surface area contributed by atoms with Crippen molar-refractivity contribution in [2.75, 3.05) is 13.1 Å². The van der Waals surface area contributed by atoms with E-state index in [4.69, 9.17) is 4.74 Å². The molecule has 9 heteroatoms. The van der Waals surface area contributed by atoms with Crippen LogP contribution in [0, 0.1) is 5.92 Å². The highest BCUT2D eigenvalue weighted by Crippen LogP contribution is 2.15. The average Bonchev–Trinajstić information content (AvgIpc) is 3.12. The van der Waals surface area contributed by atoms with Gasteiger partial charge >= 0.3 is 6.09 Å². The molecule has 1 aromatic heterocycles. The Hall–Kier alpha value is -2.78. The van der Waals surface area contributed by atoms with Crippen LogP contribution in [0.3, 0.4) is 0 Å². The third kappa shape index (κ3) is 7.94. The predicted molar refractivity (Wildman–Crippen MR) is 127 cm³/mol.